The number of carbonyl (C=O) groups excluding carboxylic acids is 1. The van der Waals surface area contributed by atoms with E-state index in [-0.39, 0.29) is 34.3 Å². The maximum atomic E-state index is 15.0. The maximum absolute atomic E-state index is 15.0. The van der Waals surface area contributed by atoms with E-state index in [2.05, 4.69) is 6.58 Å². The molecule has 2 aromatic heterocycles. The van der Waals surface area contributed by atoms with Gasteiger partial charge in [0.25, 0.3) is 5.91 Å². The molecule has 1 amide bonds. The van der Waals surface area contributed by atoms with Gasteiger partial charge in [-0.15, -0.1) is 0 Å². The third-order valence-electron chi connectivity index (χ3n) is 4.97. The van der Waals surface area contributed by atoms with Gasteiger partial charge in [-0.1, -0.05) is 24.8 Å². The van der Waals surface area contributed by atoms with Crippen LogP contribution in [0.2, 0.25) is 0 Å². The Morgan fingerprint density at radius 1 is 1.12 bits per heavy atom. The smallest absolute Gasteiger partial charge is 0.253 e. The maximum Gasteiger partial charge on any atom is 0.253 e. The summed E-state index contributed by atoms with van der Waals surface area (Å²) in [5.41, 5.74) is -1.38. The third kappa shape index (κ3) is 4.64. The van der Waals surface area contributed by atoms with Gasteiger partial charge in [0, 0.05) is 37.5 Å². The van der Waals surface area contributed by atoms with E-state index in [1.165, 1.54) is 59.9 Å². The lowest BCUT2D eigenvalue weighted by Gasteiger charge is -2.16. The van der Waals surface area contributed by atoms with Gasteiger partial charge < -0.3 is 9.30 Å². The second kappa shape index (κ2) is 9.68. The van der Waals surface area contributed by atoms with Crippen molar-refractivity contribution in [3.05, 3.63) is 107 Å². The van der Waals surface area contributed by atoms with Crippen molar-refractivity contribution in [3.8, 4) is 11.1 Å². The van der Waals surface area contributed by atoms with Gasteiger partial charge in [0.1, 0.15) is 17.5 Å². The zero-order valence-corrected chi connectivity index (χ0v) is 17.9. The normalized spacial score (nSPS) is 11.9. The van der Waals surface area contributed by atoms with E-state index in [4.69, 9.17) is 0 Å². The van der Waals surface area contributed by atoms with Gasteiger partial charge in [0.15, 0.2) is 5.43 Å². The SMILES string of the molecule is C=C(F)C(=CC/C=C/F)c1cccc2c(-c3c(F)cc(C(=O)N(C)C)cc3F)c(=O)ccn12. The van der Waals surface area contributed by atoms with Crippen molar-refractivity contribution in [3.63, 3.8) is 0 Å². The Morgan fingerprint density at radius 3 is 2.36 bits per heavy atom. The number of carbonyl (C=O) groups is 1. The number of benzene rings is 1. The molecule has 0 saturated carbocycles. The summed E-state index contributed by atoms with van der Waals surface area (Å²) in [5.74, 6) is -3.59. The predicted molar refractivity (Wildman–Crippen MR) is 120 cm³/mol. The second-order valence-electron chi connectivity index (χ2n) is 7.36. The Balaban J connectivity index is 2.31. The molecular weight excluding hydrogens is 436 g/mol. The van der Waals surface area contributed by atoms with Crippen LogP contribution in [0, 0.1) is 11.6 Å². The lowest BCUT2D eigenvalue weighted by atomic mass is 9.99. The van der Waals surface area contributed by atoms with Gasteiger partial charge in [0.2, 0.25) is 0 Å². The summed E-state index contributed by atoms with van der Waals surface area (Å²) in [4.78, 5) is 26.0. The highest BCUT2D eigenvalue weighted by Gasteiger charge is 2.22. The van der Waals surface area contributed by atoms with Crippen LogP contribution < -0.4 is 5.43 Å². The number of hydrogen-bond donors (Lipinski definition) is 0. The van der Waals surface area contributed by atoms with Gasteiger partial charge in [0.05, 0.1) is 28.7 Å². The number of aromatic nitrogens is 1. The van der Waals surface area contributed by atoms with E-state index in [1.54, 1.807) is 0 Å². The zero-order chi connectivity index (χ0) is 24.3. The van der Waals surface area contributed by atoms with Crippen molar-refractivity contribution >= 4 is 17.0 Å². The fourth-order valence-electron chi connectivity index (χ4n) is 3.49. The largest absolute Gasteiger partial charge is 0.345 e. The Morgan fingerprint density at radius 2 is 1.79 bits per heavy atom. The predicted octanol–water partition coefficient (Wildman–Crippen LogP) is 5.69. The van der Waals surface area contributed by atoms with Crippen LogP contribution in [0.1, 0.15) is 22.5 Å². The van der Waals surface area contributed by atoms with Crippen LogP contribution in [0.25, 0.3) is 22.2 Å². The fourth-order valence-corrected chi connectivity index (χ4v) is 3.49. The summed E-state index contributed by atoms with van der Waals surface area (Å²) in [7, 11) is 2.88. The third-order valence-corrected chi connectivity index (χ3v) is 4.97. The molecule has 0 atom stereocenters. The summed E-state index contributed by atoms with van der Waals surface area (Å²) in [6.07, 6.45) is 4.30. The first-order valence-corrected chi connectivity index (χ1v) is 9.83. The van der Waals surface area contributed by atoms with Gasteiger partial charge in [-0.05, 0) is 30.7 Å². The topological polar surface area (TPSA) is 41.8 Å². The molecule has 3 rings (SSSR count). The van der Waals surface area contributed by atoms with Crippen molar-refractivity contribution < 1.29 is 22.4 Å². The first-order chi connectivity index (χ1) is 15.7. The molecule has 0 aliphatic heterocycles. The molecule has 8 heteroatoms. The quantitative estimate of drug-likeness (QED) is 0.354. The number of hydrogen-bond acceptors (Lipinski definition) is 2. The zero-order valence-electron chi connectivity index (χ0n) is 17.9. The van der Waals surface area contributed by atoms with E-state index in [1.807, 2.05) is 0 Å². The first-order valence-electron chi connectivity index (χ1n) is 9.83. The van der Waals surface area contributed by atoms with Crippen molar-refractivity contribution in [1.82, 2.24) is 9.30 Å². The highest BCUT2D eigenvalue weighted by Crippen LogP contribution is 2.31. The lowest BCUT2D eigenvalue weighted by molar-refractivity contribution is 0.0826. The number of rotatable bonds is 6. The van der Waals surface area contributed by atoms with Gasteiger partial charge >= 0.3 is 0 Å². The molecule has 0 aliphatic rings. The van der Waals surface area contributed by atoms with Crippen molar-refractivity contribution in [2.45, 2.75) is 6.42 Å². The number of fused-ring (bicyclic) bond motifs is 1. The molecule has 0 spiro atoms. The van der Waals surface area contributed by atoms with Crippen LogP contribution in [0.15, 0.2) is 78.3 Å². The number of allylic oxidation sites excluding steroid dienone is 4. The number of pyridine rings is 2. The summed E-state index contributed by atoms with van der Waals surface area (Å²) in [6.45, 7) is 3.30. The molecule has 170 valence electrons. The van der Waals surface area contributed by atoms with Crippen molar-refractivity contribution in [2.75, 3.05) is 14.1 Å². The standard InChI is InChI=1S/C25H20F4N2O2/c1-15(27)17(7-4-5-11-26)20-8-6-9-21-24(22(32)10-12-31(20)21)23-18(28)13-16(14-19(23)29)25(33)30(2)3/h5-14H,1,4H2,2-3H3/b11-5+,17-7?. The molecule has 33 heavy (non-hydrogen) atoms. The lowest BCUT2D eigenvalue weighted by Crippen LogP contribution is -2.22. The van der Waals surface area contributed by atoms with E-state index >= 15 is 8.78 Å². The Labute approximate surface area is 187 Å². The van der Waals surface area contributed by atoms with Crippen LogP contribution >= 0.6 is 0 Å². The van der Waals surface area contributed by atoms with E-state index in [9.17, 15) is 18.4 Å². The number of nitrogens with zero attached hydrogens (tertiary/aromatic N) is 2. The first kappa shape index (κ1) is 23.7. The average molecular weight is 456 g/mol. The highest BCUT2D eigenvalue weighted by atomic mass is 19.1. The fraction of sp³-hybridized carbons (Fsp3) is 0.120. The Bertz CT molecular complexity index is 1350. The Hall–Kier alpha value is -3.94. The molecule has 0 radical (unpaired) electrons. The van der Waals surface area contributed by atoms with Gasteiger partial charge in [-0.2, -0.15) is 0 Å². The Kier molecular flexibility index (Phi) is 6.96. The highest BCUT2D eigenvalue weighted by molar-refractivity contribution is 5.95. The van der Waals surface area contributed by atoms with Crippen molar-refractivity contribution in [1.29, 1.82) is 0 Å². The summed E-state index contributed by atoms with van der Waals surface area (Å²) in [5, 5.41) is 0. The van der Waals surface area contributed by atoms with Crippen LogP contribution in [0.4, 0.5) is 17.6 Å². The molecule has 0 aliphatic carbocycles. The van der Waals surface area contributed by atoms with E-state index < -0.39 is 34.4 Å². The van der Waals surface area contributed by atoms with Crippen LogP contribution in [-0.4, -0.2) is 29.3 Å². The average Bonchev–Trinajstić information content (AvgIpc) is 2.76. The van der Waals surface area contributed by atoms with Gasteiger partial charge in [-0.25, -0.2) is 17.6 Å². The second-order valence-corrected chi connectivity index (χ2v) is 7.36. The molecule has 1 aromatic carbocycles. The van der Waals surface area contributed by atoms with Crippen LogP contribution in [0.3, 0.4) is 0 Å². The molecule has 0 fully saturated rings. The number of halogens is 4. The molecule has 4 nitrogen and oxygen atoms in total. The van der Waals surface area contributed by atoms with E-state index in [0.717, 1.165) is 18.2 Å². The van der Waals surface area contributed by atoms with Crippen LogP contribution in [0.5, 0.6) is 0 Å². The minimum atomic E-state index is -1.09. The monoisotopic (exact) mass is 456 g/mol. The molecule has 0 saturated heterocycles. The van der Waals surface area contributed by atoms with Crippen LogP contribution in [-0.2, 0) is 0 Å². The molecule has 3 aromatic rings. The van der Waals surface area contributed by atoms with Crippen molar-refractivity contribution in [2.24, 2.45) is 0 Å². The number of amides is 1. The molecular formula is C25H20F4N2O2. The van der Waals surface area contributed by atoms with E-state index in [0.29, 0.717) is 6.33 Å². The molecule has 2 heterocycles. The molecule has 0 unspecified atom stereocenters. The summed E-state index contributed by atoms with van der Waals surface area (Å²) < 4.78 is 58.0. The summed E-state index contributed by atoms with van der Waals surface area (Å²) in [6, 6.07) is 7.32. The molecule has 0 N–H and O–H groups in total. The summed E-state index contributed by atoms with van der Waals surface area (Å²) >= 11 is 0. The minimum absolute atomic E-state index is 0.0289. The minimum Gasteiger partial charge on any atom is -0.345 e. The van der Waals surface area contributed by atoms with Gasteiger partial charge in [-0.3, -0.25) is 9.59 Å². The molecule has 0 bridgehead atoms.